The molecule has 2 heterocycles. The van der Waals surface area contributed by atoms with Crippen molar-refractivity contribution in [2.75, 3.05) is 46.3 Å². The second-order valence-electron chi connectivity index (χ2n) is 6.30. The average molecular weight is 416 g/mol. The maximum Gasteiger partial charge on any atom is 0.166 e. The van der Waals surface area contributed by atoms with Crippen LogP contribution in [0.4, 0.5) is 0 Å². The van der Waals surface area contributed by atoms with Gasteiger partial charge in [-0.25, -0.2) is 4.90 Å². The zero-order chi connectivity index (χ0) is 15.4. The van der Waals surface area contributed by atoms with E-state index in [1.807, 2.05) is 24.3 Å². The van der Waals surface area contributed by atoms with Gasteiger partial charge in [-0.05, 0) is 40.3 Å². The van der Waals surface area contributed by atoms with E-state index in [4.69, 9.17) is 0 Å². The van der Waals surface area contributed by atoms with Crippen LogP contribution in [0.3, 0.4) is 0 Å². The molecule has 3 atom stereocenters. The van der Waals surface area contributed by atoms with Gasteiger partial charge in [-0.3, -0.25) is 15.1 Å². The van der Waals surface area contributed by atoms with Crippen LogP contribution in [0.2, 0.25) is 0 Å². The summed E-state index contributed by atoms with van der Waals surface area (Å²) in [6.45, 7) is 6.62. The fourth-order valence-electron chi connectivity index (χ4n) is 3.51. The van der Waals surface area contributed by atoms with Crippen LogP contribution in [0.5, 0.6) is 0 Å². The number of hydrogen-bond acceptors (Lipinski definition) is 5. The molecule has 0 aliphatic carbocycles. The van der Waals surface area contributed by atoms with E-state index in [2.05, 4.69) is 43.3 Å². The highest BCUT2D eigenvalue weighted by Gasteiger charge is 2.37. The van der Waals surface area contributed by atoms with Crippen molar-refractivity contribution in [3.05, 3.63) is 38.3 Å². The lowest BCUT2D eigenvalue weighted by molar-refractivity contribution is -0.947. The normalized spacial score (nSPS) is 30.1. The van der Waals surface area contributed by atoms with E-state index >= 15 is 0 Å². The van der Waals surface area contributed by atoms with Gasteiger partial charge in [0.25, 0.3) is 0 Å². The highest BCUT2D eigenvalue weighted by Crippen LogP contribution is 2.26. The second-order valence-corrected chi connectivity index (χ2v) is 7.55. The molecule has 2 bridgehead atoms. The number of hydrogen-bond donors (Lipinski definition) is 2. The number of fused-ring (bicyclic) bond motifs is 2. The van der Waals surface area contributed by atoms with Crippen LogP contribution >= 0.6 is 22.6 Å². The van der Waals surface area contributed by atoms with Crippen LogP contribution in [0.1, 0.15) is 18.0 Å². The molecule has 2 saturated heterocycles. The van der Waals surface area contributed by atoms with Crippen molar-refractivity contribution >= 4 is 22.6 Å². The van der Waals surface area contributed by atoms with Crippen LogP contribution < -0.4 is 10.6 Å². The van der Waals surface area contributed by atoms with E-state index in [1.165, 1.54) is 9.99 Å². The summed E-state index contributed by atoms with van der Waals surface area (Å²) >= 11 is 2.28. The average Bonchev–Trinajstić information content (AvgIpc) is 2.52. The quantitative estimate of drug-likeness (QED) is 0.445. The summed E-state index contributed by atoms with van der Waals surface area (Å²) in [7, 11) is 0. The lowest BCUT2D eigenvalue weighted by Crippen LogP contribution is -2.66. The molecule has 0 aromatic heterocycles. The lowest BCUT2D eigenvalue weighted by Gasteiger charge is -2.47. The fraction of sp³-hybridized carbons (Fsp3) is 0.600. The molecular formula is C15H23IN5O+. The van der Waals surface area contributed by atoms with Gasteiger partial charge in [0.2, 0.25) is 0 Å². The molecule has 0 radical (unpaired) electrons. The largest absolute Gasteiger partial charge is 0.296 e. The molecule has 120 valence electrons. The Labute approximate surface area is 144 Å². The van der Waals surface area contributed by atoms with Gasteiger partial charge in [0, 0.05) is 16.5 Å². The molecule has 0 saturated carbocycles. The van der Waals surface area contributed by atoms with Gasteiger partial charge in [-0.15, -0.1) is 4.91 Å². The SMILES string of the molecule is O=NC(C[N+]12CCCN(CNCNC1)C2)c1ccc(I)cc1. The number of rotatable bonds is 4. The maximum absolute atomic E-state index is 11.5. The Morgan fingerprint density at radius 1 is 1.32 bits per heavy atom. The van der Waals surface area contributed by atoms with E-state index in [9.17, 15) is 4.91 Å². The van der Waals surface area contributed by atoms with E-state index < -0.39 is 0 Å². The van der Waals surface area contributed by atoms with Crippen LogP contribution in [-0.2, 0) is 0 Å². The fourth-order valence-corrected chi connectivity index (χ4v) is 3.87. The molecule has 6 nitrogen and oxygen atoms in total. The summed E-state index contributed by atoms with van der Waals surface area (Å²) in [5.41, 5.74) is 1.03. The molecule has 1 aromatic carbocycles. The Morgan fingerprint density at radius 3 is 2.91 bits per heavy atom. The van der Waals surface area contributed by atoms with Crippen molar-refractivity contribution in [3.63, 3.8) is 0 Å². The molecule has 2 aliphatic heterocycles. The number of quaternary nitrogens is 1. The molecule has 3 unspecified atom stereocenters. The first-order chi connectivity index (χ1) is 10.7. The molecule has 0 spiro atoms. The molecule has 2 N–H and O–H groups in total. The van der Waals surface area contributed by atoms with Gasteiger partial charge < -0.3 is 0 Å². The summed E-state index contributed by atoms with van der Waals surface area (Å²) in [6.07, 6.45) is 1.17. The minimum Gasteiger partial charge on any atom is -0.296 e. The first-order valence-electron chi connectivity index (χ1n) is 7.78. The molecule has 1 aromatic rings. The molecule has 0 amide bonds. The van der Waals surface area contributed by atoms with Crippen LogP contribution in [-0.4, -0.2) is 55.7 Å². The molecule has 22 heavy (non-hydrogen) atoms. The molecule has 2 fully saturated rings. The maximum atomic E-state index is 11.5. The van der Waals surface area contributed by atoms with Crippen LogP contribution in [0.25, 0.3) is 0 Å². The van der Waals surface area contributed by atoms with E-state index in [0.29, 0.717) is 0 Å². The summed E-state index contributed by atoms with van der Waals surface area (Å²) in [5.74, 6) is 0. The zero-order valence-corrected chi connectivity index (χ0v) is 14.8. The smallest absolute Gasteiger partial charge is 0.166 e. The third-order valence-corrected chi connectivity index (χ3v) is 5.30. The highest BCUT2D eigenvalue weighted by atomic mass is 127. The van der Waals surface area contributed by atoms with E-state index in [1.54, 1.807) is 0 Å². The molecular weight excluding hydrogens is 393 g/mol. The van der Waals surface area contributed by atoms with Crippen molar-refractivity contribution in [3.8, 4) is 0 Å². The Hall–Kier alpha value is -0.610. The summed E-state index contributed by atoms with van der Waals surface area (Å²) < 4.78 is 2.09. The summed E-state index contributed by atoms with van der Waals surface area (Å²) in [4.78, 5) is 13.9. The standard InChI is InChI=1S/C15H23IN5O/c16-14-4-2-13(3-5-14)15(19-22)8-21-7-1-6-20(12-21)10-17-9-18-11-21/h2-5,15,17-18H,1,6-12H2/q+1. The molecule has 3 rings (SSSR count). The van der Waals surface area contributed by atoms with E-state index in [-0.39, 0.29) is 6.04 Å². The first kappa shape index (κ1) is 16.3. The molecule has 7 heteroatoms. The zero-order valence-electron chi connectivity index (χ0n) is 12.7. The van der Waals surface area contributed by atoms with Gasteiger partial charge in [-0.2, -0.15) is 0 Å². The number of benzene rings is 1. The monoisotopic (exact) mass is 416 g/mol. The second kappa shape index (κ2) is 7.31. The van der Waals surface area contributed by atoms with Crippen molar-refractivity contribution in [2.24, 2.45) is 5.18 Å². The Kier molecular flexibility index (Phi) is 5.40. The van der Waals surface area contributed by atoms with Gasteiger partial charge in [-0.1, -0.05) is 17.3 Å². The first-order valence-corrected chi connectivity index (χ1v) is 8.85. The third-order valence-electron chi connectivity index (χ3n) is 4.58. The van der Waals surface area contributed by atoms with Crippen molar-refractivity contribution < 1.29 is 4.48 Å². The van der Waals surface area contributed by atoms with Crippen LogP contribution in [0.15, 0.2) is 29.4 Å². The predicted molar refractivity (Wildman–Crippen MR) is 94.8 cm³/mol. The summed E-state index contributed by atoms with van der Waals surface area (Å²) in [6, 6.07) is 7.89. The van der Waals surface area contributed by atoms with Crippen molar-refractivity contribution in [1.29, 1.82) is 0 Å². The van der Waals surface area contributed by atoms with Gasteiger partial charge >= 0.3 is 0 Å². The Bertz CT molecular complexity index is 511. The van der Waals surface area contributed by atoms with Gasteiger partial charge in [0.1, 0.15) is 19.9 Å². The number of nitrogens with one attached hydrogen (secondary N) is 2. The van der Waals surface area contributed by atoms with Crippen LogP contribution in [0, 0.1) is 8.48 Å². The Morgan fingerprint density at radius 2 is 2.14 bits per heavy atom. The Balaban J connectivity index is 1.77. The summed E-state index contributed by atoms with van der Waals surface area (Å²) in [5, 5.41) is 10.3. The number of nitroso groups, excluding NO2 is 1. The minimum absolute atomic E-state index is 0.272. The van der Waals surface area contributed by atoms with E-state index in [0.717, 1.165) is 56.4 Å². The van der Waals surface area contributed by atoms with Gasteiger partial charge in [0.15, 0.2) is 6.04 Å². The van der Waals surface area contributed by atoms with Crippen molar-refractivity contribution in [2.45, 2.75) is 12.5 Å². The lowest BCUT2D eigenvalue weighted by atomic mass is 10.1. The van der Waals surface area contributed by atoms with Crippen molar-refractivity contribution in [1.82, 2.24) is 15.5 Å². The topological polar surface area (TPSA) is 56.7 Å². The number of nitrogens with zero attached hydrogens (tertiary/aromatic N) is 3. The van der Waals surface area contributed by atoms with Gasteiger partial charge in [0.05, 0.1) is 19.9 Å². The highest BCUT2D eigenvalue weighted by molar-refractivity contribution is 14.1. The molecule has 2 aliphatic rings. The third kappa shape index (κ3) is 3.83. The number of halogens is 1. The predicted octanol–water partition coefficient (Wildman–Crippen LogP) is 1.64. The minimum atomic E-state index is -0.272.